The van der Waals surface area contributed by atoms with Gasteiger partial charge in [-0.15, -0.1) is 0 Å². The monoisotopic (exact) mass is 264 g/mol. The van der Waals surface area contributed by atoms with Gasteiger partial charge in [0.1, 0.15) is 5.75 Å². The predicted octanol–water partition coefficient (Wildman–Crippen LogP) is 2.66. The zero-order valence-corrected chi connectivity index (χ0v) is 13.2. The molecule has 0 aromatic heterocycles. The van der Waals surface area contributed by atoms with Crippen LogP contribution in [0.2, 0.25) is 0 Å². The normalized spacial score (nSPS) is 14.5. The van der Waals surface area contributed by atoms with E-state index in [0.717, 1.165) is 12.2 Å². The van der Waals surface area contributed by atoms with E-state index in [1.807, 2.05) is 0 Å². The van der Waals surface area contributed by atoms with Crippen molar-refractivity contribution in [2.75, 3.05) is 27.2 Å². The van der Waals surface area contributed by atoms with Crippen molar-refractivity contribution in [1.29, 1.82) is 0 Å². The van der Waals surface area contributed by atoms with Crippen LogP contribution in [0.3, 0.4) is 0 Å². The minimum atomic E-state index is -0.00830. The van der Waals surface area contributed by atoms with Crippen molar-refractivity contribution in [3.63, 3.8) is 0 Å². The van der Waals surface area contributed by atoms with Gasteiger partial charge in [0, 0.05) is 18.5 Å². The molecule has 0 spiro atoms. The molecule has 0 fully saturated rings. The summed E-state index contributed by atoms with van der Waals surface area (Å²) < 4.78 is 6.01. The van der Waals surface area contributed by atoms with Gasteiger partial charge in [0.25, 0.3) is 0 Å². The minimum absolute atomic E-state index is 0.00830. The molecule has 1 aromatic carbocycles. The van der Waals surface area contributed by atoms with Gasteiger partial charge in [-0.2, -0.15) is 0 Å². The highest BCUT2D eigenvalue weighted by Gasteiger charge is 2.25. The molecule has 108 valence electrons. The first-order valence-corrected chi connectivity index (χ1v) is 6.89. The topological polar surface area (TPSA) is 38.5 Å². The number of benzene rings is 1. The number of nitrogens with two attached hydrogens (primary N) is 1. The maximum absolute atomic E-state index is 6.01. The zero-order valence-electron chi connectivity index (χ0n) is 13.2. The molecule has 1 aromatic rings. The van der Waals surface area contributed by atoms with Crippen molar-refractivity contribution in [2.45, 2.75) is 39.7 Å². The van der Waals surface area contributed by atoms with Crippen molar-refractivity contribution < 1.29 is 4.74 Å². The SMILES string of the molecule is Cc1ccc(C)c(OCCC(C)(CN)N(C)C)c1C. The molecular formula is C16H28N2O. The van der Waals surface area contributed by atoms with Crippen molar-refractivity contribution in [1.82, 2.24) is 4.90 Å². The smallest absolute Gasteiger partial charge is 0.125 e. The van der Waals surface area contributed by atoms with Crippen LogP contribution in [0.25, 0.3) is 0 Å². The Bertz CT molecular complexity index is 429. The van der Waals surface area contributed by atoms with Crippen LogP contribution in [-0.2, 0) is 0 Å². The van der Waals surface area contributed by atoms with E-state index in [4.69, 9.17) is 10.5 Å². The Balaban J connectivity index is 2.71. The molecule has 3 nitrogen and oxygen atoms in total. The maximum atomic E-state index is 6.01. The fraction of sp³-hybridized carbons (Fsp3) is 0.625. The van der Waals surface area contributed by atoms with Gasteiger partial charge in [0.2, 0.25) is 0 Å². The van der Waals surface area contributed by atoms with Gasteiger partial charge in [0.15, 0.2) is 0 Å². The number of hydrogen-bond donors (Lipinski definition) is 1. The van der Waals surface area contributed by atoms with Gasteiger partial charge in [-0.1, -0.05) is 12.1 Å². The molecule has 0 heterocycles. The van der Waals surface area contributed by atoms with Crippen LogP contribution in [-0.4, -0.2) is 37.7 Å². The lowest BCUT2D eigenvalue weighted by Gasteiger charge is -2.35. The molecule has 3 heteroatoms. The Hall–Kier alpha value is -1.06. The van der Waals surface area contributed by atoms with E-state index in [1.165, 1.54) is 16.7 Å². The summed E-state index contributed by atoms with van der Waals surface area (Å²) in [6.45, 7) is 9.82. The lowest BCUT2D eigenvalue weighted by molar-refractivity contribution is 0.139. The Labute approximate surface area is 117 Å². The first-order chi connectivity index (χ1) is 8.81. The highest BCUT2D eigenvalue weighted by atomic mass is 16.5. The van der Waals surface area contributed by atoms with E-state index in [2.05, 4.69) is 58.8 Å². The molecule has 19 heavy (non-hydrogen) atoms. The fourth-order valence-corrected chi connectivity index (χ4v) is 2.03. The van der Waals surface area contributed by atoms with E-state index < -0.39 is 0 Å². The summed E-state index contributed by atoms with van der Waals surface area (Å²) in [4.78, 5) is 2.17. The zero-order chi connectivity index (χ0) is 14.6. The van der Waals surface area contributed by atoms with Crippen LogP contribution >= 0.6 is 0 Å². The number of hydrogen-bond acceptors (Lipinski definition) is 3. The molecular weight excluding hydrogens is 236 g/mol. The lowest BCUT2D eigenvalue weighted by Crippen LogP contribution is -2.48. The Morgan fingerprint density at radius 1 is 1.16 bits per heavy atom. The first-order valence-electron chi connectivity index (χ1n) is 6.89. The fourth-order valence-electron chi connectivity index (χ4n) is 2.03. The van der Waals surface area contributed by atoms with Crippen LogP contribution in [0.1, 0.15) is 30.0 Å². The van der Waals surface area contributed by atoms with Crippen LogP contribution in [0.4, 0.5) is 0 Å². The molecule has 1 atom stereocenters. The molecule has 0 aliphatic rings. The number of nitrogens with zero attached hydrogens (tertiary/aromatic N) is 1. The third-order valence-electron chi connectivity index (χ3n) is 4.28. The van der Waals surface area contributed by atoms with Gasteiger partial charge in [-0.3, -0.25) is 0 Å². The number of aryl methyl sites for hydroxylation is 2. The molecule has 0 radical (unpaired) electrons. The number of likely N-dealkylation sites (N-methyl/N-ethyl adjacent to an activating group) is 1. The molecule has 1 unspecified atom stereocenters. The number of ether oxygens (including phenoxy) is 1. The summed E-state index contributed by atoms with van der Waals surface area (Å²) in [5, 5.41) is 0. The highest BCUT2D eigenvalue weighted by Crippen LogP contribution is 2.26. The predicted molar refractivity (Wildman–Crippen MR) is 81.9 cm³/mol. The highest BCUT2D eigenvalue weighted by molar-refractivity contribution is 5.44. The number of rotatable bonds is 6. The summed E-state index contributed by atoms with van der Waals surface area (Å²) in [5.41, 5.74) is 9.57. The van der Waals surface area contributed by atoms with Gasteiger partial charge < -0.3 is 15.4 Å². The summed E-state index contributed by atoms with van der Waals surface area (Å²) in [5.74, 6) is 1.03. The molecule has 1 rings (SSSR count). The van der Waals surface area contributed by atoms with Crippen molar-refractivity contribution in [3.05, 3.63) is 28.8 Å². The second-order valence-electron chi connectivity index (χ2n) is 5.85. The molecule has 0 bridgehead atoms. The molecule has 0 saturated heterocycles. The average Bonchev–Trinajstić information content (AvgIpc) is 2.37. The quantitative estimate of drug-likeness (QED) is 0.858. The third-order valence-corrected chi connectivity index (χ3v) is 4.28. The van der Waals surface area contributed by atoms with Gasteiger partial charge in [-0.05, 0) is 58.5 Å². The van der Waals surface area contributed by atoms with Crippen LogP contribution in [0.15, 0.2) is 12.1 Å². The van der Waals surface area contributed by atoms with Gasteiger partial charge >= 0.3 is 0 Å². The van der Waals surface area contributed by atoms with E-state index >= 15 is 0 Å². The summed E-state index contributed by atoms with van der Waals surface area (Å²) >= 11 is 0. The second-order valence-corrected chi connectivity index (χ2v) is 5.85. The molecule has 0 aliphatic carbocycles. The first kappa shape index (κ1) is 16.0. The molecule has 0 aliphatic heterocycles. The van der Waals surface area contributed by atoms with Crippen molar-refractivity contribution in [2.24, 2.45) is 5.73 Å². The Morgan fingerprint density at radius 2 is 1.74 bits per heavy atom. The second kappa shape index (κ2) is 6.40. The van der Waals surface area contributed by atoms with E-state index in [0.29, 0.717) is 13.2 Å². The van der Waals surface area contributed by atoms with Crippen LogP contribution < -0.4 is 10.5 Å². The van der Waals surface area contributed by atoms with Gasteiger partial charge in [0.05, 0.1) is 6.61 Å². The summed E-state index contributed by atoms with van der Waals surface area (Å²) in [6, 6.07) is 4.26. The lowest BCUT2D eigenvalue weighted by atomic mass is 9.97. The average molecular weight is 264 g/mol. The molecule has 0 saturated carbocycles. The van der Waals surface area contributed by atoms with E-state index in [-0.39, 0.29) is 5.54 Å². The van der Waals surface area contributed by atoms with E-state index in [1.54, 1.807) is 0 Å². The van der Waals surface area contributed by atoms with Crippen molar-refractivity contribution in [3.8, 4) is 5.75 Å². The van der Waals surface area contributed by atoms with Crippen LogP contribution in [0.5, 0.6) is 5.75 Å². The Morgan fingerprint density at radius 3 is 2.26 bits per heavy atom. The van der Waals surface area contributed by atoms with Gasteiger partial charge in [-0.25, -0.2) is 0 Å². The third kappa shape index (κ3) is 3.71. The standard InChI is InChI=1S/C16H28N2O/c1-12-7-8-13(2)15(14(12)3)19-10-9-16(4,11-17)18(5)6/h7-8H,9-11,17H2,1-6H3. The van der Waals surface area contributed by atoms with Crippen molar-refractivity contribution >= 4 is 0 Å². The maximum Gasteiger partial charge on any atom is 0.125 e. The van der Waals surface area contributed by atoms with Crippen LogP contribution in [0, 0.1) is 20.8 Å². The van der Waals surface area contributed by atoms with E-state index in [9.17, 15) is 0 Å². The summed E-state index contributed by atoms with van der Waals surface area (Å²) in [7, 11) is 4.13. The molecule has 2 N–H and O–H groups in total. The largest absolute Gasteiger partial charge is 0.493 e. The Kier molecular flexibility index (Phi) is 5.39. The minimum Gasteiger partial charge on any atom is -0.493 e. The molecule has 0 amide bonds. The summed E-state index contributed by atoms with van der Waals surface area (Å²) in [6.07, 6.45) is 0.920.